The first-order valence-corrected chi connectivity index (χ1v) is 14.3. The summed E-state index contributed by atoms with van der Waals surface area (Å²) in [6, 6.07) is 16.5. The monoisotopic (exact) mass is 595 g/mol. The quantitative estimate of drug-likeness (QED) is 0.325. The van der Waals surface area contributed by atoms with Crippen LogP contribution in [0.5, 0.6) is 0 Å². The van der Waals surface area contributed by atoms with E-state index < -0.39 is 28.5 Å². The molecule has 0 bridgehead atoms. The summed E-state index contributed by atoms with van der Waals surface area (Å²) in [5.41, 5.74) is 1.70. The van der Waals surface area contributed by atoms with Gasteiger partial charge in [-0.15, -0.1) is 0 Å². The predicted molar refractivity (Wildman–Crippen MR) is 152 cm³/mol. The normalized spacial score (nSPS) is 12.1. The summed E-state index contributed by atoms with van der Waals surface area (Å²) in [4.78, 5) is 28.0. The Morgan fingerprint density at radius 2 is 1.53 bits per heavy atom. The molecule has 0 aliphatic heterocycles. The third kappa shape index (κ3) is 6.99. The van der Waals surface area contributed by atoms with Crippen molar-refractivity contribution in [3.05, 3.63) is 92.9 Å². The highest BCUT2D eigenvalue weighted by Gasteiger charge is 2.33. The number of halogens is 3. The first-order chi connectivity index (χ1) is 18.0. The van der Waals surface area contributed by atoms with Gasteiger partial charge in [-0.1, -0.05) is 65.5 Å². The Bertz CT molecular complexity index is 1400. The van der Waals surface area contributed by atoms with Crippen LogP contribution in [0.4, 0.5) is 5.69 Å². The van der Waals surface area contributed by atoms with Crippen molar-refractivity contribution in [3.63, 3.8) is 0 Å². The van der Waals surface area contributed by atoms with Gasteiger partial charge in [-0.05, 0) is 67.4 Å². The molecule has 0 radical (unpaired) electrons. The summed E-state index contributed by atoms with van der Waals surface area (Å²) in [5.74, 6) is -0.970. The van der Waals surface area contributed by atoms with Gasteiger partial charge >= 0.3 is 0 Å². The van der Waals surface area contributed by atoms with Gasteiger partial charge in [0.2, 0.25) is 11.8 Å². The molecule has 0 aliphatic carbocycles. The summed E-state index contributed by atoms with van der Waals surface area (Å²) < 4.78 is 28.6. The molecule has 3 rings (SSSR count). The zero-order valence-electron chi connectivity index (χ0n) is 21.1. The minimum absolute atomic E-state index is 0.0245. The maximum Gasteiger partial charge on any atom is 0.264 e. The van der Waals surface area contributed by atoms with Crippen molar-refractivity contribution in [2.45, 2.75) is 37.8 Å². The fourth-order valence-corrected chi connectivity index (χ4v) is 5.90. The second kappa shape index (κ2) is 12.8. The van der Waals surface area contributed by atoms with Gasteiger partial charge in [0.05, 0.1) is 10.6 Å². The third-order valence-electron chi connectivity index (χ3n) is 5.99. The zero-order valence-corrected chi connectivity index (χ0v) is 24.2. The lowest BCUT2D eigenvalue weighted by molar-refractivity contribution is -0.140. The number of aryl methyl sites for hydroxylation is 1. The zero-order chi connectivity index (χ0) is 28.0. The van der Waals surface area contributed by atoms with E-state index in [2.05, 4.69) is 5.32 Å². The van der Waals surface area contributed by atoms with E-state index in [0.29, 0.717) is 27.1 Å². The van der Waals surface area contributed by atoms with E-state index in [-0.39, 0.29) is 23.0 Å². The smallest absolute Gasteiger partial charge is 0.264 e. The van der Waals surface area contributed by atoms with E-state index in [1.807, 2.05) is 6.92 Å². The third-order valence-corrected chi connectivity index (χ3v) is 8.62. The summed E-state index contributed by atoms with van der Waals surface area (Å²) in [6.45, 7) is 3.03. The molecule has 0 spiro atoms. The SMILES string of the molecule is CC[C@H](C(=O)NC)N(Cc1ccc(Cl)cc1Cl)C(=O)CN(c1ccc(Cl)cc1)S(=O)(=O)c1ccc(C)cc1. The van der Waals surface area contributed by atoms with E-state index in [1.165, 1.54) is 36.2 Å². The van der Waals surface area contributed by atoms with E-state index in [4.69, 9.17) is 34.8 Å². The van der Waals surface area contributed by atoms with Crippen LogP contribution < -0.4 is 9.62 Å². The van der Waals surface area contributed by atoms with Gasteiger partial charge in [0.1, 0.15) is 12.6 Å². The van der Waals surface area contributed by atoms with Crippen LogP contribution in [0.15, 0.2) is 71.6 Å². The largest absolute Gasteiger partial charge is 0.357 e. The van der Waals surface area contributed by atoms with Crippen LogP contribution in [0.3, 0.4) is 0 Å². The van der Waals surface area contributed by atoms with E-state index in [9.17, 15) is 18.0 Å². The second-order valence-electron chi connectivity index (χ2n) is 8.60. The van der Waals surface area contributed by atoms with Crippen molar-refractivity contribution < 1.29 is 18.0 Å². The van der Waals surface area contributed by atoms with Crippen LogP contribution in [0.25, 0.3) is 0 Å². The Kier molecular flexibility index (Phi) is 10.1. The van der Waals surface area contributed by atoms with Crippen LogP contribution in [-0.2, 0) is 26.2 Å². The number of hydrogen-bond donors (Lipinski definition) is 1. The molecule has 0 unspecified atom stereocenters. The minimum atomic E-state index is -4.16. The first kappa shape index (κ1) is 29.8. The van der Waals surface area contributed by atoms with E-state index in [0.717, 1.165) is 9.87 Å². The van der Waals surface area contributed by atoms with Crippen LogP contribution in [0, 0.1) is 6.92 Å². The van der Waals surface area contributed by atoms with E-state index >= 15 is 0 Å². The molecule has 0 fully saturated rings. The van der Waals surface area contributed by atoms with Crippen LogP contribution in [0.2, 0.25) is 15.1 Å². The summed E-state index contributed by atoms with van der Waals surface area (Å²) >= 11 is 18.5. The lowest BCUT2D eigenvalue weighted by Gasteiger charge is -2.33. The van der Waals surface area contributed by atoms with Crippen molar-refractivity contribution in [2.75, 3.05) is 17.9 Å². The molecule has 0 aliphatic rings. The number of nitrogens with one attached hydrogen (secondary N) is 1. The number of nitrogens with zero attached hydrogens (tertiary/aromatic N) is 2. The van der Waals surface area contributed by atoms with Crippen LogP contribution in [0.1, 0.15) is 24.5 Å². The number of likely N-dealkylation sites (N-methyl/N-ethyl adjacent to an activating group) is 1. The van der Waals surface area contributed by atoms with Gasteiger partial charge in [-0.3, -0.25) is 13.9 Å². The standard InChI is InChI=1S/C27H28Cl3N3O4S/c1-4-25(27(35)31-3)32(16-19-7-8-21(29)15-24(19)30)26(34)17-33(22-11-9-20(28)10-12-22)38(36,37)23-13-5-18(2)6-14-23/h5-15,25H,4,16-17H2,1-3H3,(H,31,35)/t25-/m1/s1. The Balaban J connectivity index is 2.07. The first-order valence-electron chi connectivity index (χ1n) is 11.8. The van der Waals surface area contributed by atoms with Gasteiger partial charge in [0.25, 0.3) is 10.0 Å². The van der Waals surface area contributed by atoms with Crippen molar-refractivity contribution in [3.8, 4) is 0 Å². The molecule has 202 valence electrons. The minimum Gasteiger partial charge on any atom is -0.357 e. The average molecular weight is 597 g/mol. The molecule has 1 atom stereocenters. The molecular weight excluding hydrogens is 569 g/mol. The number of anilines is 1. The molecule has 11 heteroatoms. The number of rotatable bonds is 10. The lowest BCUT2D eigenvalue weighted by atomic mass is 10.1. The lowest BCUT2D eigenvalue weighted by Crippen LogP contribution is -2.51. The van der Waals surface area contributed by atoms with Crippen molar-refractivity contribution in [2.24, 2.45) is 0 Å². The molecular formula is C27H28Cl3N3O4S. The van der Waals surface area contributed by atoms with Crippen molar-refractivity contribution >= 4 is 62.3 Å². The predicted octanol–water partition coefficient (Wildman–Crippen LogP) is 5.70. The number of carbonyl (C=O) groups excluding carboxylic acids is 2. The second-order valence-corrected chi connectivity index (χ2v) is 11.7. The highest BCUT2D eigenvalue weighted by molar-refractivity contribution is 7.92. The Morgan fingerprint density at radius 1 is 0.921 bits per heavy atom. The fourth-order valence-electron chi connectivity index (χ4n) is 3.89. The molecule has 0 saturated carbocycles. The van der Waals surface area contributed by atoms with Crippen LogP contribution in [-0.4, -0.2) is 44.8 Å². The van der Waals surface area contributed by atoms with Gasteiger partial charge in [0.15, 0.2) is 0 Å². The summed E-state index contributed by atoms with van der Waals surface area (Å²) in [6.07, 6.45) is 0.294. The maximum absolute atomic E-state index is 13.9. The molecule has 0 saturated heterocycles. The highest BCUT2D eigenvalue weighted by Crippen LogP contribution is 2.28. The summed E-state index contributed by atoms with van der Waals surface area (Å²) in [5, 5.41) is 3.74. The van der Waals surface area contributed by atoms with Gasteiger partial charge in [0, 0.05) is 28.7 Å². The topological polar surface area (TPSA) is 86.8 Å². The van der Waals surface area contributed by atoms with Gasteiger partial charge in [-0.25, -0.2) is 8.42 Å². The molecule has 3 aromatic rings. The Hall–Kier alpha value is -2.78. The number of carbonyl (C=O) groups is 2. The van der Waals surface area contributed by atoms with E-state index in [1.54, 1.807) is 49.4 Å². The van der Waals surface area contributed by atoms with Crippen LogP contribution >= 0.6 is 34.8 Å². The number of amides is 2. The Labute approximate surface area is 238 Å². The number of hydrogen-bond acceptors (Lipinski definition) is 4. The molecule has 0 heterocycles. The molecule has 3 aromatic carbocycles. The maximum atomic E-state index is 13.9. The number of benzene rings is 3. The average Bonchev–Trinajstić information content (AvgIpc) is 2.88. The number of sulfonamides is 1. The van der Waals surface area contributed by atoms with Gasteiger partial charge in [-0.2, -0.15) is 0 Å². The highest BCUT2D eigenvalue weighted by atomic mass is 35.5. The van der Waals surface area contributed by atoms with Gasteiger partial charge < -0.3 is 10.2 Å². The van der Waals surface area contributed by atoms with Crippen molar-refractivity contribution in [1.29, 1.82) is 0 Å². The molecule has 38 heavy (non-hydrogen) atoms. The molecule has 2 amide bonds. The fraction of sp³-hybridized carbons (Fsp3) is 0.259. The van der Waals surface area contributed by atoms with Crippen molar-refractivity contribution in [1.82, 2.24) is 10.2 Å². The summed E-state index contributed by atoms with van der Waals surface area (Å²) in [7, 11) is -2.68. The Morgan fingerprint density at radius 3 is 2.08 bits per heavy atom. The molecule has 1 N–H and O–H groups in total. The molecule has 0 aromatic heterocycles. The molecule has 7 nitrogen and oxygen atoms in total.